The van der Waals surface area contributed by atoms with Crippen LogP contribution in [0.1, 0.15) is 228 Å². The lowest BCUT2D eigenvalue weighted by Crippen LogP contribution is -2.26. The maximum Gasteiger partial charge on any atom is 0.136 e. The zero-order chi connectivity index (χ0) is 39.1. The van der Waals surface area contributed by atoms with Crippen LogP contribution in [0.15, 0.2) is 0 Å². The quantitative estimate of drug-likeness (QED) is 0.0611. The van der Waals surface area contributed by atoms with Crippen molar-refractivity contribution in [2.75, 3.05) is 0 Å². The van der Waals surface area contributed by atoms with Gasteiger partial charge < -0.3 is 10.2 Å². The molecule has 6 unspecified atom stereocenters. The fourth-order valence-corrected chi connectivity index (χ4v) is 7.89. The number of aliphatic hydroxyl groups excluding tert-OH is 2. The van der Waals surface area contributed by atoms with Crippen LogP contribution in [-0.4, -0.2) is 45.6 Å². The van der Waals surface area contributed by atoms with Crippen LogP contribution in [0.4, 0.5) is 0 Å². The summed E-state index contributed by atoms with van der Waals surface area (Å²) in [4.78, 5) is 52.4. The molecule has 306 valence electrons. The maximum atomic E-state index is 14.3. The molecule has 0 aromatic carbocycles. The van der Waals surface area contributed by atoms with Gasteiger partial charge in [0.1, 0.15) is 23.1 Å². The zero-order valence-electron chi connectivity index (χ0n) is 35.4. The van der Waals surface area contributed by atoms with E-state index in [9.17, 15) is 29.4 Å². The van der Waals surface area contributed by atoms with Gasteiger partial charge in [-0.05, 0) is 87.9 Å². The molecular weight excluding hydrogens is 649 g/mol. The summed E-state index contributed by atoms with van der Waals surface area (Å²) in [5.74, 6) is 1.57. The van der Waals surface area contributed by atoms with Gasteiger partial charge in [0, 0.05) is 50.9 Å². The monoisotopic (exact) mass is 735 g/mol. The number of aliphatic hydroxyl groups is 2. The number of carbonyl (C=O) groups is 4. The van der Waals surface area contributed by atoms with Gasteiger partial charge in [0.05, 0.1) is 12.2 Å². The minimum absolute atomic E-state index is 0.0831. The van der Waals surface area contributed by atoms with E-state index >= 15 is 0 Å². The van der Waals surface area contributed by atoms with Gasteiger partial charge in [-0.1, -0.05) is 119 Å². The van der Waals surface area contributed by atoms with Crippen molar-refractivity contribution in [2.45, 2.75) is 240 Å². The molecule has 0 rings (SSSR count). The van der Waals surface area contributed by atoms with Gasteiger partial charge >= 0.3 is 0 Å². The first-order valence-corrected chi connectivity index (χ1v) is 22.4. The van der Waals surface area contributed by atoms with E-state index in [4.69, 9.17) is 0 Å². The fraction of sp³-hybridized carbons (Fsp3) is 0.913. The van der Waals surface area contributed by atoms with Crippen molar-refractivity contribution >= 4 is 23.1 Å². The van der Waals surface area contributed by atoms with E-state index in [1.807, 2.05) is 13.8 Å². The summed E-state index contributed by atoms with van der Waals surface area (Å²) in [5.41, 5.74) is 0. The number of hydrogen-bond acceptors (Lipinski definition) is 6. The topological polar surface area (TPSA) is 109 Å². The largest absolute Gasteiger partial charge is 0.393 e. The van der Waals surface area contributed by atoms with E-state index in [1.165, 1.54) is 0 Å². The van der Waals surface area contributed by atoms with Crippen molar-refractivity contribution in [1.29, 1.82) is 0 Å². The normalized spacial score (nSPS) is 15.3. The van der Waals surface area contributed by atoms with Crippen LogP contribution >= 0.6 is 0 Å². The van der Waals surface area contributed by atoms with E-state index in [1.54, 1.807) is 0 Å². The number of Topliss-reactive ketones (excluding diaryl/α,β-unsaturated/α-hetero) is 4. The Morgan fingerprint density at radius 3 is 1.71 bits per heavy atom. The van der Waals surface area contributed by atoms with Crippen molar-refractivity contribution < 1.29 is 29.4 Å². The molecule has 2 N–H and O–H groups in total. The van der Waals surface area contributed by atoms with E-state index < -0.39 is 6.10 Å². The Morgan fingerprint density at radius 1 is 0.462 bits per heavy atom. The summed E-state index contributed by atoms with van der Waals surface area (Å²) in [5, 5.41) is 21.8. The van der Waals surface area contributed by atoms with Crippen LogP contribution in [-0.2, 0) is 19.2 Å². The smallest absolute Gasteiger partial charge is 0.136 e. The number of ketones is 4. The summed E-state index contributed by atoms with van der Waals surface area (Å²) in [6, 6.07) is 0. The van der Waals surface area contributed by atoms with Crippen LogP contribution in [0.3, 0.4) is 0 Å². The van der Waals surface area contributed by atoms with Gasteiger partial charge in [-0.25, -0.2) is 0 Å². The molecule has 6 heteroatoms. The minimum Gasteiger partial charge on any atom is -0.393 e. The van der Waals surface area contributed by atoms with Crippen molar-refractivity contribution in [2.24, 2.45) is 29.6 Å². The second-order valence-electron chi connectivity index (χ2n) is 16.5. The van der Waals surface area contributed by atoms with Crippen LogP contribution in [0.25, 0.3) is 0 Å². The van der Waals surface area contributed by atoms with Gasteiger partial charge in [0.2, 0.25) is 0 Å². The summed E-state index contributed by atoms with van der Waals surface area (Å²) < 4.78 is 0. The average Bonchev–Trinajstić information content (AvgIpc) is 3.14. The molecule has 0 amide bonds. The lowest BCUT2D eigenvalue weighted by atomic mass is 9.80. The first kappa shape index (κ1) is 50.6. The molecular formula is C46H86O6. The van der Waals surface area contributed by atoms with Crippen molar-refractivity contribution in [3.05, 3.63) is 0 Å². The van der Waals surface area contributed by atoms with E-state index in [2.05, 4.69) is 34.6 Å². The third kappa shape index (κ3) is 25.6. The van der Waals surface area contributed by atoms with Crippen molar-refractivity contribution in [3.8, 4) is 0 Å². The van der Waals surface area contributed by atoms with E-state index in [0.29, 0.717) is 94.7 Å². The second kappa shape index (κ2) is 33.0. The Balaban J connectivity index is 5.99. The standard InChI is InChI=1S/C46H86O6/c1-8-15-18-19-24-43(49)25-20-23-39(29-31-45(51)40(22-17-10-3)35-42(48)14-7)46(52)34-38(28-30-44(50)32-36(11-4)12-5)27-26-37(21-16-9-2)33-41(47)13-6/h36-41,45,47,51H,8-35H2,1-7H3. The highest BCUT2D eigenvalue weighted by Crippen LogP contribution is 2.31. The Morgan fingerprint density at radius 2 is 1.10 bits per heavy atom. The summed E-state index contributed by atoms with van der Waals surface area (Å²) in [6.45, 7) is 14.7. The number of carbonyl (C=O) groups excluding carboxylic acids is 4. The molecule has 0 aliphatic rings. The molecule has 0 saturated carbocycles. The summed E-state index contributed by atoms with van der Waals surface area (Å²) in [6.07, 6.45) is 21.5. The molecule has 0 aromatic heterocycles. The molecule has 0 aliphatic heterocycles. The third-order valence-electron chi connectivity index (χ3n) is 12.0. The van der Waals surface area contributed by atoms with Crippen LogP contribution in [0, 0.1) is 29.6 Å². The zero-order valence-corrected chi connectivity index (χ0v) is 35.4. The summed E-state index contributed by atoms with van der Waals surface area (Å²) in [7, 11) is 0. The highest BCUT2D eigenvalue weighted by atomic mass is 16.3. The molecule has 0 heterocycles. The average molecular weight is 735 g/mol. The minimum atomic E-state index is -0.625. The number of unbranched alkanes of at least 4 members (excludes halogenated alkanes) is 5. The molecule has 0 fully saturated rings. The predicted octanol–water partition coefficient (Wildman–Crippen LogP) is 12.1. The predicted molar refractivity (Wildman–Crippen MR) is 218 cm³/mol. The van der Waals surface area contributed by atoms with Gasteiger partial charge in [-0.3, -0.25) is 19.2 Å². The van der Waals surface area contributed by atoms with Crippen LogP contribution in [0.2, 0.25) is 0 Å². The molecule has 0 radical (unpaired) electrons. The molecule has 0 bridgehead atoms. The van der Waals surface area contributed by atoms with E-state index in [0.717, 1.165) is 103 Å². The van der Waals surface area contributed by atoms with Crippen LogP contribution in [0.5, 0.6) is 0 Å². The molecule has 0 aromatic rings. The molecule has 6 nitrogen and oxygen atoms in total. The molecule has 52 heavy (non-hydrogen) atoms. The van der Waals surface area contributed by atoms with Crippen molar-refractivity contribution in [3.63, 3.8) is 0 Å². The number of rotatable bonds is 38. The fourth-order valence-electron chi connectivity index (χ4n) is 7.89. The molecule has 0 saturated heterocycles. The summed E-state index contributed by atoms with van der Waals surface area (Å²) >= 11 is 0. The first-order chi connectivity index (χ1) is 25.0. The Hall–Kier alpha value is -1.40. The van der Waals surface area contributed by atoms with E-state index in [-0.39, 0.29) is 41.2 Å². The SMILES string of the molecule is CCCCCCC(=O)CCCC(CCC(O)C(CCCC)CC(=O)CC)C(=O)CC(CCC(=O)CC(CC)CC)CCC(CCCC)CC(O)CC. The van der Waals surface area contributed by atoms with Crippen LogP contribution < -0.4 is 0 Å². The maximum absolute atomic E-state index is 14.3. The Kier molecular flexibility index (Phi) is 32.1. The number of hydrogen-bond donors (Lipinski definition) is 2. The second-order valence-corrected chi connectivity index (χ2v) is 16.5. The third-order valence-corrected chi connectivity index (χ3v) is 12.0. The highest BCUT2D eigenvalue weighted by molar-refractivity contribution is 5.82. The van der Waals surface area contributed by atoms with Gasteiger partial charge in [0.25, 0.3) is 0 Å². The van der Waals surface area contributed by atoms with Gasteiger partial charge in [-0.2, -0.15) is 0 Å². The van der Waals surface area contributed by atoms with Gasteiger partial charge in [0.15, 0.2) is 0 Å². The lowest BCUT2D eigenvalue weighted by molar-refractivity contribution is -0.126. The molecule has 0 spiro atoms. The first-order valence-electron chi connectivity index (χ1n) is 22.4. The van der Waals surface area contributed by atoms with Crippen molar-refractivity contribution in [1.82, 2.24) is 0 Å². The molecule has 0 aliphatic carbocycles. The Bertz CT molecular complexity index is 911. The Labute approximate surface area is 321 Å². The molecule has 6 atom stereocenters. The van der Waals surface area contributed by atoms with Gasteiger partial charge in [-0.15, -0.1) is 0 Å². The highest BCUT2D eigenvalue weighted by Gasteiger charge is 2.28. The lowest BCUT2D eigenvalue weighted by Gasteiger charge is -2.26.